The Labute approximate surface area is 178 Å². The standard InChI is InChI=1S/C21H24N4O4S/c1-12-18(30-20(22-12)15-5-6-16(27-3)17(11-15)28-4)21(26)25-9-7-14(8-10-25)19-23-13(2)24-29-19/h5-6,11,14H,7-10H2,1-4H3. The second-order valence-corrected chi connectivity index (χ2v) is 8.25. The minimum atomic E-state index is 0.0249. The van der Waals surface area contributed by atoms with Crippen molar-refractivity contribution in [1.29, 1.82) is 0 Å². The molecule has 1 fully saturated rings. The molecule has 0 atom stereocenters. The van der Waals surface area contributed by atoms with Gasteiger partial charge in [-0.2, -0.15) is 4.98 Å². The molecule has 30 heavy (non-hydrogen) atoms. The fraction of sp³-hybridized carbons (Fsp3) is 0.429. The zero-order chi connectivity index (χ0) is 21.3. The van der Waals surface area contributed by atoms with Crippen LogP contribution in [0.25, 0.3) is 10.6 Å². The third-order valence-electron chi connectivity index (χ3n) is 5.30. The number of aryl methyl sites for hydroxylation is 2. The summed E-state index contributed by atoms with van der Waals surface area (Å²) in [4.78, 5) is 24.7. The van der Waals surface area contributed by atoms with E-state index >= 15 is 0 Å². The van der Waals surface area contributed by atoms with Gasteiger partial charge in [-0.15, -0.1) is 11.3 Å². The summed E-state index contributed by atoms with van der Waals surface area (Å²) in [6.45, 7) is 5.01. The van der Waals surface area contributed by atoms with Crippen LogP contribution in [0, 0.1) is 13.8 Å². The van der Waals surface area contributed by atoms with Crippen LogP contribution < -0.4 is 9.47 Å². The first-order valence-corrected chi connectivity index (χ1v) is 10.6. The smallest absolute Gasteiger partial charge is 0.265 e. The number of methoxy groups -OCH3 is 2. The van der Waals surface area contributed by atoms with Crippen molar-refractivity contribution in [3.8, 4) is 22.1 Å². The quantitative estimate of drug-likeness (QED) is 0.610. The first-order chi connectivity index (χ1) is 14.5. The van der Waals surface area contributed by atoms with Crippen molar-refractivity contribution >= 4 is 17.2 Å². The molecule has 0 spiro atoms. The fourth-order valence-electron chi connectivity index (χ4n) is 3.64. The molecule has 1 saturated heterocycles. The molecule has 0 saturated carbocycles. The second-order valence-electron chi connectivity index (χ2n) is 7.25. The third-order valence-corrected chi connectivity index (χ3v) is 6.49. The van der Waals surface area contributed by atoms with Crippen molar-refractivity contribution in [1.82, 2.24) is 20.0 Å². The molecule has 2 aromatic heterocycles. The van der Waals surface area contributed by atoms with Crippen LogP contribution in [0.4, 0.5) is 0 Å². The number of ether oxygens (including phenoxy) is 2. The Bertz CT molecular complexity index is 1050. The molecule has 0 unspecified atom stereocenters. The predicted octanol–water partition coefficient (Wildman–Crippen LogP) is 3.85. The van der Waals surface area contributed by atoms with Crippen molar-refractivity contribution in [2.45, 2.75) is 32.6 Å². The summed E-state index contributed by atoms with van der Waals surface area (Å²) >= 11 is 1.41. The number of amides is 1. The van der Waals surface area contributed by atoms with Gasteiger partial charge in [0.15, 0.2) is 17.3 Å². The molecule has 1 aliphatic heterocycles. The van der Waals surface area contributed by atoms with Crippen LogP contribution in [0.1, 0.15) is 45.8 Å². The second kappa shape index (κ2) is 8.43. The van der Waals surface area contributed by atoms with Crippen LogP contribution in [0.15, 0.2) is 22.7 Å². The van der Waals surface area contributed by atoms with Gasteiger partial charge in [0.2, 0.25) is 5.89 Å². The van der Waals surface area contributed by atoms with E-state index in [4.69, 9.17) is 14.0 Å². The summed E-state index contributed by atoms with van der Waals surface area (Å²) in [7, 11) is 3.20. The Kier molecular flexibility index (Phi) is 5.72. The maximum Gasteiger partial charge on any atom is 0.265 e. The van der Waals surface area contributed by atoms with Gasteiger partial charge in [0.1, 0.15) is 9.88 Å². The third kappa shape index (κ3) is 3.89. The molecule has 3 aromatic rings. The van der Waals surface area contributed by atoms with Crippen LogP contribution in [0.5, 0.6) is 11.5 Å². The van der Waals surface area contributed by atoms with E-state index in [1.165, 1.54) is 11.3 Å². The first-order valence-electron chi connectivity index (χ1n) is 9.79. The van der Waals surface area contributed by atoms with Crippen molar-refractivity contribution in [2.24, 2.45) is 0 Å². The molecule has 158 valence electrons. The molecule has 1 aromatic carbocycles. The number of carbonyl (C=O) groups is 1. The van der Waals surface area contributed by atoms with Crippen LogP contribution in [0.2, 0.25) is 0 Å². The van der Waals surface area contributed by atoms with Gasteiger partial charge in [-0.25, -0.2) is 4.98 Å². The number of carbonyl (C=O) groups excluding carboxylic acids is 1. The first kappa shape index (κ1) is 20.3. The number of nitrogens with zero attached hydrogens (tertiary/aromatic N) is 4. The van der Waals surface area contributed by atoms with E-state index in [2.05, 4.69) is 15.1 Å². The Morgan fingerprint density at radius 2 is 1.87 bits per heavy atom. The molecule has 1 amide bonds. The zero-order valence-electron chi connectivity index (χ0n) is 17.5. The average Bonchev–Trinajstić information content (AvgIpc) is 3.38. The summed E-state index contributed by atoms with van der Waals surface area (Å²) < 4.78 is 16.0. The van der Waals surface area contributed by atoms with Crippen molar-refractivity contribution in [2.75, 3.05) is 27.3 Å². The number of benzene rings is 1. The molecule has 3 heterocycles. The number of thiazole rings is 1. The Balaban J connectivity index is 1.49. The van der Waals surface area contributed by atoms with Gasteiger partial charge in [0.05, 0.1) is 19.9 Å². The summed E-state index contributed by atoms with van der Waals surface area (Å²) in [5.74, 6) is 2.84. The molecule has 0 bridgehead atoms. The highest BCUT2D eigenvalue weighted by Crippen LogP contribution is 2.36. The van der Waals surface area contributed by atoms with Gasteiger partial charge in [0, 0.05) is 24.6 Å². The van der Waals surface area contributed by atoms with Gasteiger partial charge in [0.25, 0.3) is 5.91 Å². The minimum Gasteiger partial charge on any atom is -0.493 e. The SMILES string of the molecule is COc1ccc(-c2nc(C)c(C(=O)N3CCC(c4nc(C)no4)CC3)s2)cc1OC. The molecular weight excluding hydrogens is 404 g/mol. The number of hydrogen-bond donors (Lipinski definition) is 0. The number of likely N-dealkylation sites (tertiary alicyclic amines) is 1. The summed E-state index contributed by atoms with van der Waals surface area (Å²) in [6.07, 6.45) is 1.63. The lowest BCUT2D eigenvalue weighted by molar-refractivity contribution is 0.0708. The van der Waals surface area contributed by atoms with Gasteiger partial charge >= 0.3 is 0 Å². The van der Waals surface area contributed by atoms with E-state index in [0.717, 1.165) is 29.1 Å². The van der Waals surface area contributed by atoms with Crippen molar-refractivity contribution in [3.63, 3.8) is 0 Å². The molecule has 1 aliphatic rings. The van der Waals surface area contributed by atoms with E-state index < -0.39 is 0 Å². The lowest BCUT2D eigenvalue weighted by Crippen LogP contribution is -2.37. The highest BCUT2D eigenvalue weighted by Gasteiger charge is 2.29. The normalized spacial score (nSPS) is 14.7. The highest BCUT2D eigenvalue weighted by atomic mass is 32.1. The fourth-order valence-corrected chi connectivity index (χ4v) is 4.67. The average molecular weight is 429 g/mol. The number of aromatic nitrogens is 3. The number of rotatable bonds is 5. The van der Waals surface area contributed by atoms with Crippen LogP contribution in [0.3, 0.4) is 0 Å². The molecular formula is C21H24N4O4S. The Morgan fingerprint density at radius 1 is 1.13 bits per heavy atom. The van der Waals surface area contributed by atoms with Crippen LogP contribution >= 0.6 is 11.3 Å². The molecule has 0 N–H and O–H groups in total. The highest BCUT2D eigenvalue weighted by molar-refractivity contribution is 7.17. The van der Waals surface area contributed by atoms with Gasteiger partial charge in [-0.05, 0) is 44.9 Å². The molecule has 8 nitrogen and oxygen atoms in total. The van der Waals surface area contributed by atoms with Crippen molar-refractivity contribution in [3.05, 3.63) is 40.5 Å². The zero-order valence-corrected chi connectivity index (χ0v) is 18.3. The van der Waals surface area contributed by atoms with E-state index in [9.17, 15) is 4.79 Å². The van der Waals surface area contributed by atoms with Crippen LogP contribution in [-0.4, -0.2) is 53.2 Å². The van der Waals surface area contributed by atoms with E-state index in [0.29, 0.717) is 41.2 Å². The monoisotopic (exact) mass is 428 g/mol. The predicted molar refractivity (Wildman–Crippen MR) is 112 cm³/mol. The summed E-state index contributed by atoms with van der Waals surface area (Å²) in [5.41, 5.74) is 1.63. The van der Waals surface area contributed by atoms with Gasteiger partial charge in [-0.3, -0.25) is 4.79 Å². The van der Waals surface area contributed by atoms with E-state index in [1.807, 2.05) is 36.9 Å². The van der Waals surface area contributed by atoms with Gasteiger partial charge in [-0.1, -0.05) is 5.16 Å². The van der Waals surface area contributed by atoms with E-state index in [1.54, 1.807) is 14.2 Å². The lowest BCUT2D eigenvalue weighted by Gasteiger charge is -2.30. The Morgan fingerprint density at radius 3 is 2.50 bits per heavy atom. The number of piperidine rings is 1. The molecule has 0 radical (unpaired) electrons. The van der Waals surface area contributed by atoms with Crippen molar-refractivity contribution < 1.29 is 18.8 Å². The molecule has 4 rings (SSSR count). The Hall–Kier alpha value is -2.94. The summed E-state index contributed by atoms with van der Waals surface area (Å²) in [5, 5.41) is 4.66. The maximum atomic E-state index is 13.1. The molecule has 9 heteroatoms. The number of hydrogen-bond acceptors (Lipinski definition) is 8. The van der Waals surface area contributed by atoms with Gasteiger partial charge < -0.3 is 18.9 Å². The topological polar surface area (TPSA) is 90.6 Å². The largest absolute Gasteiger partial charge is 0.493 e. The minimum absolute atomic E-state index is 0.0249. The molecule has 0 aliphatic carbocycles. The van der Waals surface area contributed by atoms with E-state index in [-0.39, 0.29) is 11.8 Å². The van der Waals surface area contributed by atoms with Crippen LogP contribution in [-0.2, 0) is 0 Å². The lowest BCUT2D eigenvalue weighted by atomic mass is 9.96. The summed E-state index contributed by atoms with van der Waals surface area (Å²) in [6, 6.07) is 5.64. The maximum absolute atomic E-state index is 13.1.